The molecule has 102 valence electrons. The largest absolute Gasteiger partial charge is 0.496 e. The van der Waals surface area contributed by atoms with Gasteiger partial charge in [0.25, 0.3) is 0 Å². The van der Waals surface area contributed by atoms with E-state index in [0.29, 0.717) is 13.1 Å². The summed E-state index contributed by atoms with van der Waals surface area (Å²) in [6.45, 7) is 5.91. The summed E-state index contributed by atoms with van der Waals surface area (Å²) in [5, 5.41) is 6.20. The van der Waals surface area contributed by atoms with E-state index >= 15 is 0 Å². The van der Waals surface area contributed by atoms with E-state index in [0.717, 1.165) is 29.4 Å². The van der Waals surface area contributed by atoms with Gasteiger partial charge < -0.3 is 15.4 Å². The molecule has 0 amide bonds. The molecule has 1 rings (SSSR count). The molecule has 0 atom stereocenters. The summed E-state index contributed by atoms with van der Waals surface area (Å²) in [5.74, 6) is 4.15. The molecular formula is C15H21N3O. The number of ether oxygens (including phenoxy) is 1. The highest BCUT2D eigenvalue weighted by Crippen LogP contribution is 2.18. The molecule has 2 N–H and O–H groups in total. The van der Waals surface area contributed by atoms with Gasteiger partial charge in [-0.15, -0.1) is 6.42 Å². The number of terminal acetylenes is 1. The van der Waals surface area contributed by atoms with Crippen LogP contribution in [0.2, 0.25) is 0 Å². The number of hydrogen-bond donors (Lipinski definition) is 2. The molecule has 0 unspecified atom stereocenters. The number of rotatable bonds is 5. The summed E-state index contributed by atoms with van der Waals surface area (Å²) in [4.78, 5) is 4.48. The zero-order valence-electron chi connectivity index (χ0n) is 11.8. The first kappa shape index (κ1) is 14.9. The molecule has 0 saturated heterocycles. The van der Waals surface area contributed by atoms with Gasteiger partial charge in [0, 0.05) is 6.54 Å². The molecule has 0 aliphatic carbocycles. The SMILES string of the molecule is C#CCNC(=NCc1ccc(OC)c(C)c1)NCC. The van der Waals surface area contributed by atoms with Crippen LogP contribution in [0.5, 0.6) is 5.75 Å². The minimum Gasteiger partial charge on any atom is -0.496 e. The van der Waals surface area contributed by atoms with Crippen molar-refractivity contribution >= 4 is 5.96 Å². The summed E-state index contributed by atoms with van der Waals surface area (Å²) in [7, 11) is 1.67. The fourth-order valence-corrected chi connectivity index (χ4v) is 1.69. The number of aliphatic imine (C=N–C) groups is 1. The van der Waals surface area contributed by atoms with E-state index in [1.807, 2.05) is 26.0 Å². The highest BCUT2D eigenvalue weighted by Gasteiger charge is 2.00. The summed E-state index contributed by atoms with van der Waals surface area (Å²) < 4.78 is 5.23. The van der Waals surface area contributed by atoms with Crippen molar-refractivity contribution in [3.05, 3.63) is 29.3 Å². The topological polar surface area (TPSA) is 45.7 Å². The molecule has 4 heteroatoms. The summed E-state index contributed by atoms with van der Waals surface area (Å²) in [6.07, 6.45) is 5.22. The Labute approximate surface area is 115 Å². The molecule has 0 heterocycles. The van der Waals surface area contributed by atoms with Crippen LogP contribution in [0.1, 0.15) is 18.1 Å². The predicted molar refractivity (Wildman–Crippen MR) is 79.4 cm³/mol. The number of nitrogens with zero attached hydrogens (tertiary/aromatic N) is 1. The van der Waals surface area contributed by atoms with E-state index in [1.165, 1.54) is 0 Å². The summed E-state index contributed by atoms with van der Waals surface area (Å²) in [5.41, 5.74) is 2.24. The monoisotopic (exact) mass is 259 g/mol. The van der Waals surface area contributed by atoms with E-state index in [9.17, 15) is 0 Å². The number of guanidine groups is 1. The van der Waals surface area contributed by atoms with Crippen LogP contribution < -0.4 is 15.4 Å². The van der Waals surface area contributed by atoms with Crippen molar-refractivity contribution in [2.24, 2.45) is 4.99 Å². The number of methoxy groups -OCH3 is 1. The lowest BCUT2D eigenvalue weighted by Gasteiger charge is -2.09. The Morgan fingerprint density at radius 3 is 2.79 bits per heavy atom. The smallest absolute Gasteiger partial charge is 0.192 e. The van der Waals surface area contributed by atoms with E-state index < -0.39 is 0 Å². The Balaban J connectivity index is 2.71. The van der Waals surface area contributed by atoms with Crippen LogP contribution >= 0.6 is 0 Å². The Morgan fingerprint density at radius 2 is 2.21 bits per heavy atom. The molecule has 0 aliphatic rings. The number of benzene rings is 1. The highest BCUT2D eigenvalue weighted by molar-refractivity contribution is 5.79. The van der Waals surface area contributed by atoms with Crippen molar-refractivity contribution in [2.75, 3.05) is 20.2 Å². The average Bonchev–Trinajstić information content (AvgIpc) is 2.42. The van der Waals surface area contributed by atoms with E-state index in [4.69, 9.17) is 11.2 Å². The van der Waals surface area contributed by atoms with Gasteiger partial charge in [-0.1, -0.05) is 18.1 Å². The lowest BCUT2D eigenvalue weighted by molar-refractivity contribution is 0.411. The molecule has 0 aromatic heterocycles. The van der Waals surface area contributed by atoms with Crippen molar-refractivity contribution in [1.29, 1.82) is 0 Å². The van der Waals surface area contributed by atoms with Crippen LogP contribution in [0.15, 0.2) is 23.2 Å². The molecule has 0 spiro atoms. The van der Waals surface area contributed by atoms with E-state index in [1.54, 1.807) is 7.11 Å². The minimum atomic E-state index is 0.466. The fourth-order valence-electron chi connectivity index (χ4n) is 1.69. The maximum atomic E-state index is 5.23. The molecule has 0 fully saturated rings. The van der Waals surface area contributed by atoms with Gasteiger partial charge in [0.15, 0.2) is 5.96 Å². The standard InChI is InChI=1S/C15H21N3O/c1-5-9-17-15(16-6-2)18-11-13-7-8-14(19-4)12(3)10-13/h1,7-8,10H,6,9,11H2,2-4H3,(H2,16,17,18). The van der Waals surface area contributed by atoms with Crippen molar-refractivity contribution in [3.63, 3.8) is 0 Å². The highest BCUT2D eigenvalue weighted by atomic mass is 16.5. The molecule has 0 saturated carbocycles. The number of nitrogens with one attached hydrogen (secondary N) is 2. The van der Waals surface area contributed by atoms with Gasteiger partial charge >= 0.3 is 0 Å². The van der Waals surface area contributed by atoms with Crippen molar-refractivity contribution < 1.29 is 4.74 Å². The van der Waals surface area contributed by atoms with Crippen LogP contribution in [-0.2, 0) is 6.54 Å². The minimum absolute atomic E-state index is 0.466. The van der Waals surface area contributed by atoms with Gasteiger partial charge in [0.1, 0.15) is 5.75 Å². The van der Waals surface area contributed by atoms with Crippen LogP contribution in [-0.4, -0.2) is 26.2 Å². The third-order valence-corrected chi connectivity index (χ3v) is 2.58. The second kappa shape index (κ2) is 8.04. The maximum absolute atomic E-state index is 5.23. The van der Waals surface area contributed by atoms with Gasteiger partial charge in [0.2, 0.25) is 0 Å². The average molecular weight is 259 g/mol. The second-order valence-electron chi connectivity index (χ2n) is 4.06. The molecule has 1 aromatic rings. The first-order valence-electron chi connectivity index (χ1n) is 6.30. The van der Waals surface area contributed by atoms with Crippen molar-refractivity contribution in [1.82, 2.24) is 10.6 Å². The Bertz CT molecular complexity index is 475. The van der Waals surface area contributed by atoms with Crippen molar-refractivity contribution in [2.45, 2.75) is 20.4 Å². The summed E-state index contributed by atoms with van der Waals surface area (Å²) >= 11 is 0. The van der Waals surface area contributed by atoms with E-state index in [-0.39, 0.29) is 0 Å². The zero-order valence-corrected chi connectivity index (χ0v) is 11.8. The number of hydrogen-bond acceptors (Lipinski definition) is 2. The molecule has 4 nitrogen and oxygen atoms in total. The summed E-state index contributed by atoms with van der Waals surface area (Å²) in [6, 6.07) is 6.05. The van der Waals surface area contributed by atoms with E-state index in [2.05, 4.69) is 27.6 Å². The lowest BCUT2D eigenvalue weighted by atomic mass is 10.1. The lowest BCUT2D eigenvalue weighted by Crippen LogP contribution is -2.37. The zero-order chi connectivity index (χ0) is 14.1. The van der Waals surface area contributed by atoms with Gasteiger partial charge in [-0.2, -0.15) is 0 Å². The first-order chi connectivity index (χ1) is 9.21. The molecular weight excluding hydrogens is 238 g/mol. The van der Waals surface area contributed by atoms with Gasteiger partial charge in [0.05, 0.1) is 20.2 Å². The third kappa shape index (κ3) is 4.92. The van der Waals surface area contributed by atoms with Gasteiger partial charge in [-0.05, 0) is 31.0 Å². The molecule has 1 aromatic carbocycles. The second-order valence-corrected chi connectivity index (χ2v) is 4.06. The number of aryl methyl sites for hydroxylation is 1. The maximum Gasteiger partial charge on any atom is 0.192 e. The molecule has 0 radical (unpaired) electrons. The first-order valence-corrected chi connectivity index (χ1v) is 6.30. The third-order valence-electron chi connectivity index (χ3n) is 2.58. The normalized spacial score (nSPS) is 10.7. The Morgan fingerprint density at radius 1 is 1.42 bits per heavy atom. The molecule has 0 bridgehead atoms. The van der Waals surface area contributed by atoms with Crippen molar-refractivity contribution in [3.8, 4) is 18.1 Å². The Kier molecular flexibility index (Phi) is 6.31. The van der Waals surface area contributed by atoms with Gasteiger partial charge in [-0.25, -0.2) is 4.99 Å². The molecule has 0 aliphatic heterocycles. The van der Waals surface area contributed by atoms with Crippen LogP contribution in [0.3, 0.4) is 0 Å². The Hall–Kier alpha value is -2.15. The fraction of sp³-hybridized carbons (Fsp3) is 0.400. The van der Waals surface area contributed by atoms with Crippen LogP contribution in [0.4, 0.5) is 0 Å². The molecule has 19 heavy (non-hydrogen) atoms. The predicted octanol–water partition coefficient (Wildman–Crippen LogP) is 1.69. The van der Waals surface area contributed by atoms with Crippen LogP contribution in [0.25, 0.3) is 0 Å². The van der Waals surface area contributed by atoms with Crippen LogP contribution in [0, 0.1) is 19.3 Å². The van der Waals surface area contributed by atoms with Gasteiger partial charge in [-0.3, -0.25) is 0 Å². The quantitative estimate of drug-likeness (QED) is 0.480.